The van der Waals surface area contributed by atoms with Crippen molar-refractivity contribution in [1.82, 2.24) is 4.98 Å². The van der Waals surface area contributed by atoms with Gasteiger partial charge in [-0.1, -0.05) is 11.6 Å². The fourth-order valence-electron chi connectivity index (χ4n) is 2.11. The molecule has 108 valence electrons. The Kier molecular flexibility index (Phi) is 3.61. The summed E-state index contributed by atoms with van der Waals surface area (Å²) in [7, 11) is 1.59. The van der Waals surface area contributed by atoms with Crippen LogP contribution in [0.5, 0.6) is 5.75 Å². The van der Waals surface area contributed by atoms with E-state index in [1.165, 1.54) is 0 Å². The Labute approximate surface area is 131 Å². The first-order chi connectivity index (χ1) is 10.1. The number of nitrogens with two attached hydrogens (primary N) is 1. The average Bonchev–Trinajstić information content (AvgIpc) is 2.78. The molecule has 1 heterocycles. The van der Waals surface area contributed by atoms with Gasteiger partial charge >= 0.3 is 0 Å². The molecule has 21 heavy (non-hydrogen) atoms. The lowest BCUT2D eigenvalue weighted by Gasteiger charge is -2.11. The first kappa shape index (κ1) is 14.0. The van der Waals surface area contributed by atoms with Crippen molar-refractivity contribution < 1.29 is 4.74 Å². The predicted molar refractivity (Wildman–Crippen MR) is 90.1 cm³/mol. The molecular weight excluding hydrogens is 306 g/mol. The van der Waals surface area contributed by atoms with E-state index in [0.717, 1.165) is 26.6 Å². The number of hydrogen-bond donors (Lipinski definition) is 2. The fraction of sp³-hybridized carbons (Fsp3) is 0.133. The van der Waals surface area contributed by atoms with Crippen LogP contribution >= 0.6 is 22.9 Å². The Bertz CT molecular complexity index is 816. The summed E-state index contributed by atoms with van der Waals surface area (Å²) in [5, 5.41) is 4.84. The molecular formula is C15H14ClN3OS. The normalized spacial score (nSPS) is 10.8. The minimum absolute atomic E-state index is 0.548. The summed E-state index contributed by atoms with van der Waals surface area (Å²) in [6.07, 6.45) is 0. The first-order valence-corrected chi connectivity index (χ1v) is 7.53. The zero-order chi connectivity index (χ0) is 15.0. The van der Waals surface area contributed by atoms with Crippen LogP contribution in [0.25, 0.3) is 10.2 Å². The van der Waals surface area contributed by atoms with Crippen LogP contribution in [0.4, 0.5) is 17.1 Å². The number of rotatable bonds is 3. The fourth-order valence-corrected chi connectivity index (χ4v) is 3.23. The lowest BCUT2D eigenvalue weighted by molar-refractivity contribution is 0.415. The number of halogens is 1. The quantitative estimate of drug-likeness (QED) is 0.693. The second-order valence-corrected chi connectivity index (χ2v) is 6.26. The first-order valence-electron chi connectivity index (χ1n) is 6.34. The molecule has 0 radical (unpaired) electrons. The molecule has 0 spiro atoms. The molecule has 0 atom stereocenters. The molecule has 1 aromatic heterocycles. The van der Waals surface area contributed by atoms with Crippen LogP contribution in [-0.4, -0.2) is 12.1 Å². The van der Waals surface area contributed by atoms with E-state index in [-0.39, 0.29) is 0 Å². The molecule has 0 saturated heterocycles. The minimum atomic E-state index is 0.548. The van der Waals surface area contributed by atoms with E-state index in [2.05, 4.69) is 10.3 Å². The van der Waals surface area contributed by atoms with Crippen molar-refractivity contribution in [3.63, 3.8) is 0 Å². The van der Waals surface area contributed by atoms with Gasteiger partial charge in [-0.25, -0.2) is 4.98 Å². The largest absolute Gasteiger partial charge is 0.495 e. The van der Waals surface area contributed by atoms with E-state index >= 15 is 0 Å². The van der Waals surface area contributed by atoms with Gasteiger partial charge in [0.15, 0.2) is 0 Å². The summed E-state index contributed by atoms with van der Waals surface area (Å²) in [6, 6.07) is 9.39. The molecule has 0 amide bonds. The second kappa shape index (κ2) is 5.42. The Balaban J connectivity index is 1.97. The number of aryl methyl sites for hydroxylation is 1. The molecule has 4 nitrogen and oxygen atoms in total. The number of nitrogens with one attached hydrogen (secondary N) is 1. The number of aromatic nitrogens is 1. The number of nitrogens with zero attached hydrogens (tertiary/aromatic N) is 1. The average molecular weight is 320 g/mol. The maximum Gasteiger partial charge on any atom is 0.137 e. The van der Waals surface area contributed by atoms with Gasteiger partial charge in [-0.2, -0.15) is 0 Å². The number of methoxy groups -OCH3 is 1. The number of benzene rings is 2. The third kappa shape index (κ3) is 2.75. The van der Waals surface area contributed by atoms with Crippen molar-refractivity contribution in [3.8, 4) is 5.75 Å². The maximum absolute atomic E-state index is 6.13. The van der Waals surface area contributed by atoms with E-state index in [1.807, 2.05) is 31.2 Å². The van der Waals surface area contributed by atoms with E-state index in [4.69, 9.17) is 22.1 Å². The molecule has 0 aliphatic carbocycles. The number of nitrogen functional groups attached to an aromatic ring is 1. The lowest BCUT2D eigenvalue weighted by Crippen LogP contribution is -1.96. The Morgan fingerprint density at radius 2 is 2.10 bits per heavy atom. The summed E-state index contributed by atoms with van der Waals surface area (Å²) >= 11 is 7.76. The maximum atomic E-state index is 6.13. The van der Waals surface area contributed by atoms with Gasteiger partial charge in [0.25, 0.3) is 0 Å². The van der Waals surface area contributed by atoms with Crippen LogP contribution in [0.1, 0.15) is 5.01 Å². The molecule has 0 bridgehead atoms. The zero-order valence-electron chi connectivity index (χ0n) is 11.6. The minimum Gasteiger partial charge on any atom is -0.495 e. The van der Waals surface area contributed by atoms with Gasteiger partial charge in [0.05, 0.1) is 38.7 Å². The van der Waals surface area contributed by atoms with Crippen molar-refractivity contribution in [2.75, 3.05) is 18.2 Å². The van der Waals surface area contributed by atoms with E-state index in [0.29, 0.717) is 16.5 Å². The molecule has 3 aromatic rings. The number of hydrogen-bond acceptors (Lipinski definition) is 5. The Morgan fingerprint density at radius 3 is 2.81 bits per heavy atom. The molecule has 2 aromatic carbocycles. The van der Waals surface area contributed by atoms with Crippen molar-refractivity contribution in [2.24, 2.45) is 0 Å². The Hall–Kier alpha value is -1.98. The lowest BCUT2D eigenvalue weighted by atomic mass is 10.2. The summed E-state index contributed by atoms with van der Waals surface area (Å²) < 4.78 is 6.23. The van der Waals surface area contributed by atoms with E-state index in [9.17, 15) is 0 Å². The molecule has 0 aliphatic heterocycles. The summed E-state index contributed by atoms with van der Waals surface area (Å²) in [5.41, 5.74) is 9.37. The third-order valence-electron chi connectivity index (χ3n) is 3.10. The van der Waals surface area contributed by atoms with Crippen LogP contribution in [0, 0.1) is 6.92 Å². The van der Waals surface area contributed by atoms with Gasteiger partial charge < -0.3 is 15.8 Å². The third-order valence-corrected chi connectivity index (χ3v) is 4.33. The van der Waals surface area contributed by atoms with Crippen molar-refractivity contribution >= 4 is 50.2 Å². The molecule has 3 N–H and O–H groups in total. The van der Waals surface area contributed by atoms with Crippen LogP contribution in [0.3, 0.4) is 0 Å². The molecule has 0 saturated carbocycles. The molecule has 0 aliphatic rings. The van der Waals surface area contributed by atoms with Gasteiger partial charge in [-0.15, -0.1) is 11.3 Å². The number of thiazole rings is 1. The number of fused-ring (bicyclic) bond motifs is 1. The Morgan fingerprint density at radius 1 is 1.29 bits per heavy atom. The van der Waals surface area contributed by atoms with Crippen molar-refractivity contribution in [2.45, 2.75) is 6.92 Å². The smallest absolute Gasteiger partial charge is 0.137 e. The SMILES string of the molecule is COc1ccc(Nc2cc3nc(C)sc3cc2N)cc1Cl. The van der Waals surface area contributed by atoms with Gasteiger partial charge in [-0.05, 0) is 37.3 Å². The monoisotopic (exact) mass is 319 g/mol. The molecule has 0 fully saturated rings. The highest BCUT2D eigenvalue weighted by Crippen LogP contribution is 2.33. The van der Waals surface area contributed by atoms with E-state index in [1.54, 1.807) is 24.5 Å². The van der Waals surface area contributed by atoms with Crippen molar-refractivity contribution in [3.05, 3.63) is 40.4 Å². The second-order valence-electron chi connectivity index (χ2n) is 4.61. The predicted octanol–water partition coefficient (Wildman–Crippen LogP) is 4.59. The molecule has 6 heteroatoms. The van der Waals surface area contributed by atoms with Crippen molar-refractivity contribution in [1.29, 1.82) is 0 Å². The van der Waals surface area contributed by atoms with Crippen LogP contribution < -0.4 is 15.8 Å². The van der Waals surface area contributed by atoms with Crippen LogP contribution in [0.2, 0.25) is 5.02 Å². The highest BCUT2D eigenvalue weighted by atomic mass is 35.5. The van der Waals surface area contributed by atoms with Crippen LogP contribution in [0.15, 0.2) is 30.3 Å². The summed E-state index contributed by atoms with van der Waals surface area (Å²) in [5.74, 6) is 0.640. The van der Waals surface area contributed by atoms with Gasteiger partial charge in [0.2, 0.25) is 0 Å². The molecule has 0 unspecified atom stereocenters. The number of anilines is 3. The van der Waals surface area contributed by atoms with Gasteiger partial charge in [0, 0.05) is 5.69 Å². The standard InChI is InChI=1S/C15H14ClN3OS/c1-8-18-13-7-12(11(17)6-15(13)21-8)19-9-3-4-14(20-2)10(16)5-9/h3-7,19H,17H2,1-2H3. The molecule has 3 rings (SSSR count). The van der Waals surface area contributed by atoms with Crippen LogP contribution in [-0.2, 0) is 0 Å². The highest BCUT2D eigenvalue weighted by molar-refractivity contribution is 7.18. The highest BCUT2D eigenvalue weighted by Gasteiger charge is 2.08. The topological polar surface area (TPSA) is 60.2 Å². The summed E-state index contributed by atoms with van der Waals surface area (Å²) in [4.78, 5) is 4.48. The number of ether oxygens (including phenoxy) is 1. The zero-order valence-corrected chi connectivity index (χ0v) is 13.2. The van der Waals surface area contributed by atoms with Gasteiger partial charge in [-0.3, -0.25) is 0 Å². The van der Waals surface area contributed by atoms with E-state index < -0.39 is 0 Å². The summed E-state index contributed by atoms with van der Waals surface area (Å²) in [6.45, 7) is 1.98. The van der Waals surface area contributed by atoms with Gasteiger partial charge in [0.1, 0.15) is 5.75 Å².